The van der Waals surface area contributed by atoms with Gasteiger partial charge in [0, 0.05) is 0 Å². The molecule has 1 heterocycles. The number of carbonyl (C=O) groups is 1. The number of amides is 1. The molecule has 3 aliphatic carbocycles. The predicted molar refractivity (Wildman–Crippen MR) is 124 cm³/mol. The zero-order chi connectivity index (χ0) is 22.4. The lowest BCUT2D eigenvalue weighted by molar-refractivity contribution is -0.199. The second kappa shape index (κ2) is 8.53. The molecule has 31 heavy (non-hydrogen) atoms. The van der Waals surface area contributed by atoms with Gasteiger partial charge in [0.2, 0.25) is 5.91 Å². The van der Waals surface area contributed by atoms with Crippen LogP contribution in [-0.4, -0.2) is 43.8 Å². The quantitative estimate of drug-likeness (QED) is 0.624. The minimum Gasteiger partial charge on any atom is -0.404 e. The molecule has 5 nitrogen and oxygen atoms in total. The van der Waals surface area contributed by atoms with Crippen LogP contribution in [0.5, 0.6) is 0 Å². The Bertz CT molecular complexity index is 786. The fraction of sp³-hybridized carbons (Fsp3) is 0.720. The van der Waals surface area contributed by atoms with Gasteiger partial charge in [-0.3, -0.25) is 4.79 Å². The fourth-order valence-electron chi connectivity index (χ4n) is 6.28. The predicted octanol–water partition coefficient (Wildman–Crippen LogP) is 3.62. The molecular formula is C25H39BN2O3. The third kappa shape index (κ3) is 4.19. The summed E-state index contributed by atoms with van der Waals surface area (Å²) in [6.07, 6.45) is 3.91. The summed E-state index contributed by atoms with van der Waals surface area (Å²) in [5.74, 6) is 1.53. The van der Waals surface area contributed by atoms with Crippen LogP contribution in [0.1, 0.15) is 59.4 Å². The van der Waals surface area contributed by atoms with Gasteiger partial charge in [-0.2, -0.15) is 0 Å². The van der Waals surface area contributed by atoms with Gasteiger partial charge in [0.1, 0.15) is 0 Å². The molecule has 1 aromatic carbocycles. The fourth-order valence-corrected chi connectivity index (χ4v) is 6.28. The number of rotatable bonds is 8. The van der Waals surface area contributed by atoms with Gasteiger partial charge in [-0.1, -0.05) is 58.0 Å². The molecule has 3 saturated carbocycles. The molecule has 5 rings (SSSR count). The zero-order valence-electron chi connectivity index (χ0n) is 20.0. The van der Waals surface area contributed by atoms with E-state index in [1.54, 1.807) is 0 Å². The lowest BCUT2D eigenvalue weighted by Gasteiger charge is -2.64. The molecule has 0 unspecified atom stereocenters. The minimum absolute atomic E-state index is 0.00820. The number of likely N-dealkylation sites (N-methyl/N-ethyl adjacent to an activating group) is 1. The van der Waals surface area contributed by atoms with E-state index in [0.29, 0.717) is 23.7 Å². The highest BCUT2D eigenvalue weighted by Gasteiger charge is 2.68. The first kappa shape index (κ1) is 22.8. The lowest BCUT2D eigenvalue weighted by atomic mass is 9.43. The number of hydrogen-bond acceptors (Lipinski definition) is 4. The van der Waals surface area contributed by atoms with Crippen LogP contribution in [-0.2, 0) is 20.5 Å². The van der Waals surface area contributed by atoms with E-state index in [2.05, 4.69) is 57.4 Å². The van der Waals surface area contributed by atoms with Gasteiger partial charge in [-0.05, 0) is 68.4 Å². The van der Waals surface area contributed by atoms with E-state index in [-0.39, 0.29) is 36.7 Å². The average molecular weight is 426 g/mol. The van der Waals surface area contributed by atoms with Crippen LogP contribution in [0, 0.1) is 23.2 Å². The molecule has 4 aliphatic rings. The molecule has 170 valence electrons. The Morgan fingerprint density at radius 2 is 1.90 bits per heavy atom. The van der Waals surface area contributed by atoms with Crippen LogP contribution in [0.15, 0.2) is 30.3 Å². The highest BCUT2D eigenvalue weighted by molar-refractivity contribution is 6.47. The Morgan fingerprint density at radius 1 is 1.19 bits per heavy atom. The molecule has 1 amide bonds. The first-order chi connectivity index (χ1) is 14.6. The van der Waals surface area contributed by atoms with Crippen molar-refractivity contribution in [1.29, 1.82) is 0 Å². The second-order valence-electron chi connectivity index (χ2n) is 11.1. The Morgan fingerprint density at radius 3 is 2.52 bits per heavy atom. The summed E-state index contributed by atoms with van der Waals surface area (Å²) in [5, 5.41) is 6.47. The van der Waals surface area contributed by atoms with E-state index in [0.717, 1.165) is 24.3 Å². The van der Waals surface area contributed by atoms with Crippen molar-refractivity contribution in [3.8, 4) is 0 Å². The largest absolute Gasteiger partial charge is 0.481 e. The monoisotopic (exact) mass is 426 g/mol. The average Bonchev–Trinajstić information content (AvgIpc) is 3.08. The molecule has 1 saturated heterocycles. The summed E-state index contributed by atoms with van der Waals surface area (Å²) in [6.45, 7) is 11.3. The van der Waals surface area contributed by atoms with Gasteiger partial charge in [-0.15, -0.1) is 0 Å². The van der Waals surface area contributed by atoms with Crippen molar-refractivity contribution < 1.29 is 14.1 Å². The number of carbonyl (C=O) groups excluding carboxylic acids is 1. The summed E-state index contributed by atoms with van der Waals surface area (Å²) in [7, 11) is 1.46. The summed E-state index contributed by atoms with van der Waals surface area (Å²) >= 11 is 0. The lowest BCUT2D eigenvalue weighted by Crippen LogP contribution is -2.65. The molecule has 0 radical (unpaired) electrons. The first-order valence-corrected chi connectivity index (χ1v) is 12.0. The smallest absolute Gasteiger partial charge is 0.404 e. The second-order valence-corrected chi connectivity index (χ2v) is 11.1. The Labute approximate surface area is 188 Å². The van der Waals surface area contributed by atoms with E-state index >= 15 is 0 Å². The van der Waals surface area contributed by atoms with Gasteiger partial charge < -0.3 is 19.9 Å². The maximum absolute atomic E-state index is 13.2. The first-order valence-electron chi connectivity index (χ1n) is 12.0. The summed E-state index contributed by atoms with van der Waals surface area (Å²) in [6, 6.07) is 9.85. The molecule has 6 atom stereocenters. The Balaban J connectivity index is 1.46. The highest BCUT2D eigenvalue weighted by Crippen LogP contribution is 2.65. The van der Waals surface area contributed by atoms with Crippen molar-refractivity contribution in [2.75, 3.05) is 7.05 Å². The molecule has 2 bridgehead atoms. The highest BCUT2D eigenvalue weighted by atomic mass is 16.7. The maximum atomic E-state index is 13.2. The third-order valence-electron chi connectivity index (χ3n) is 8.30. The molecule has 1 aromatic rings. The van der Waals surface area contributed by atoms with Crippen LogP contribution >= 0.6 is 0 Å². The molecule has 6 heteroatoms. The van der Waals surface area contributed by atoms with Crippen molar-refractivity contribution in [2.24, 2.45) is 23.2 Å². The Kier molecular flexibility index (Phi) is 6.28. The van der Waals surface area contributed by atoms with E-state index in [1.165, 1.54) is 6.42 Å². The van der Waals surface area contributed by atoms with Gasteiger partial charge >= 0.3 is 7.12 Å². The number of hydrogen-bond donors (Lipinski definition) is 2. The van der Waals surface area contributed by atoms with Crippen molar-refractivity contribution in [2.45, 2.75) is 84.0 Å². The molecule has 0 spiro atoms. The summed E-state index contributed by atoms with van der Waals surface area (Å²) in [5.41, 5.74) is 1.20. The van der Waals surface area contributed by atoms with Crippen molar-refractivity contribution in [3.63, 3.8) is 0 Å². The minimum atomic E-state index is -0.384. The van der Waals surface area contributed by atoms with Crippen molar-refractivity contribution in [3.05, 3.63) is 35.9 Å². The third-order valence-corrected chi connectivity index (χ3v) is 8.30. The molecular weight excluding hydrogens is 387 g/mol. The van der Waals surface area contributed by atoms with Gasteiger partial charge in [0.05, 0.1) is 23.7 Å². The summed E-state index contributed by atoms with van der Waals surface area (Å²) < 4.78 is 13.2. The van der Waals surface area contributed by atoms with Crippen molar-refractivity contribution >= 4 is 13.0 Å². The van der Waals surface area contributed by atoms with Gasteiger partial charge in [0.25, 0.3) is 0 Å². The summed E-state index contributed by atoms with van der Waals surface area (Å²) in [4.78, 5) is 13.2. The number of nitrogens with one attached hydrogen (secondary N) is 2. The number of benzene rings is 1. The SMILES string of the molecule is CN[C@@H](Cc1ccccc1)C(=O)N[C@@H](CC(C)C)B1O[C@@H]2C[C@H]3C[C@H](C3(C)C)[C@]2(C)O1. The Hall–Kier alpha value is -1.37. The topological polar surface area (TPSA) is 59.6 Å². The molecule has 2 N–H and O–H groups in total. The van der Waals surface area contributed by atoms with E-state index in [1.807, 2.05) is 25.2 Å². The molecule has 4 fully saturated rings. The van der Waals surface area contributed by atoms with E-state index in [4.69, 9.17) is 9.31 Å². The normalized spacial score (nSPS) is 32.9. The molecule has 1 aliphatic heterocycles. The van der Waals surface area contributed by atoms with Crippen LogP contribution in [0.4, 0.5) is 0 Å². The van der Waals surface area contributed by atoms with Gasteiger partial charge in [-0.25, -0.2) is 0 Å². The van der Waals surface area contributed by atoms with Gasteiger partial charge in [0.15, 0.2) is 0 Å². The molecule has 0 aromatic heterocycles. The van der Waals surface area contributed by atoms with E-state index in [9.17, 15) is 4.79 Å². The van der Waals surface area contributed by atoms with Crippen molar-refractivity contribution in [1.82, 2.24) is 10.6 Å². The zero-order valence-corrected chi connectivity index (χ0v) is 20.0. The standard InChI is InChI=1S/C25H39BN2O3/c1-16(2)12-22(28-23(29)19(27-6)13-17-10-8-7-9-11-17)26-30-21-15-18-14-20(24(18,3)4)25(21,5)31-26/h7-11,16,18-22,27H,12-15H2,1-6H3,(H,28,29)/t18-,19+,20-,21-,22+,25+/m1/s1. The van der Waals surface area contributed by atoms with Crippen LogP contribution in [0.2, 0.25) is 0 Å². The van der Waals surface area contributed by atoms with Crippen LogP contribution in [0.25, 0.3) is 0 Å². The van der Waals surface area contributed by atoms with Crippen LogP contribution < -0.4 is 10.6 Å². The van der Waals surface area contributed by atoms with Crippen LogP contribution in [0.3, 0.4) is 0 Å². The van der Waals surface area contributed by atoms with E-state index < -0.39 is 0 Å². The maximum Gasteiger partial charge on any atom is 0.481 e.